The first-order valence-corrected chi connectivity index (χ1v) is 5.64. The van der Waals surface area contributed by atoms with Crippen LogP contribution in [0.3, 0.4) is 0 Å². The second kappa shape index (κ2) is 5.73. The molecule has 1 heterocycles. The Morgan fingerprint density at radius 1 is 1.11 bits per heavy atom. The molecule has 1 aromatic carbocycles. The van der Waals surface area contributed by atoms with E-state index in [-0.39, 0.29) is 5.56 Å². The van der Waals surface area contributed by atoms with Crippen LogP contribution in [0.2, 0.25) is 0 Å². The molecule has 0 aliphatic carbocycles. The number of pyridine rings is 1. The van der Waals surface area contributed by atoms with E-state index in [1.807, 2.05) is 0 Å². The number of rotatable bonds is 3. The van der Waals surface area contributed by atoms with Gasteiger partial charge >= 0.3 is 0 Å². The quantitative estimate of drug-likeness (QED) is 0.671. The first-order chi connectivity index (χ1) is 9.18. The standard InChI is InChI=1S/C15H11NO3/c17-13(9-8-11-5-3-4-10-16-11)12-6-1-2-7-14(18)15(12)19/h1-10H,(H,18,19). The lowest BCUT2D eigenvalue weighted by Gasteiger charge is -1.95. The van der Waals surface area contributed by atoms with E-state index in [0.717, 1.165) is 0 Å². The predicted octanol–water partition coefficient (Wildman–Crippen LogP) is 2.04. The normalized spacial score (nSPS) is 10.5. The molecule has 4 heteroatoms. The third kappa shape index (κ3) is 3.13. The van der Waals surface area contributed by atoms with Gasteiger partial charge in [0.05, 0.1) is 11.3 Å². The molecule has 19 heavy (non-hydrogen) atoms. The van der Waals surface area contributed by atoms with Gasteiger partial charge in [0.2, 0.25) is 5.43 Å². The van der Waals surface area contributed by atoms with Crippen molar-refractivity contribution in [2.75, 3.05) is 0 Å². The molecule has 0 saturated heterocycles. The third-order valence-corrected chi connectivity index (χ3v) is 2.47. The van der Waals surface area contributed by atoms with Crippen molar-refractivity contribution in [3.63, 3.8) is 0 Å². The number of carbonyl (C=O) groups is 1. The zero-order chi connectivity index (χ0) is 13.7. The van der Waals surface area contributed by atoms with Gasteiger partial charge in [0.25, 0.3) is 0 Å². The Morgan fingerprint density at radius 3 is 2.58 bits per heavy atom. The average molecular weight is 253 g/mol. The smallest absolute Gasteiger partial charge is 0.220 e. The summed E-state index contributed by atoms with van der Waals surface area (Å²) in [6.07, 6.45) is 4.41. The first kappa shape index (κ1) is 12.7. The Morgan fingerprint density at radius 2 is 1.84 bits per heavy atom. The third-order valence-electron chi connectivity index (χ3n) is 2.47. The topological polar surface area (TPSA) is 67.3 Å². The van der Waals surface area contributed by atoms with E-state index in [0.29, 0.717) is 5.69 Å². The molecule has 1 aromatic heterocycles. The number of nitrogens with zero attached hydrogens (tertiary/aromatic N) is 1. The molecular formula is C15H11NO3. The van der Waals surface area contributed by atoms with Crippen LogP contribution in [0.5, 0.6) is 5.75 Å². The van der Waals surface area contributed by atoms with Crippen molar-refractivity contribution in [1.29, 1.82) is 0 Å². The maximum Gasteiger partial charge on any atom is 0.220 e. The summed E-state index contributed by atoms with van der Waals surface area (Å²) < 4.78 is 0. The summed E-state index contributed by atoms with van der Waals surface area (Å²) in [6.45, 7) is 0. The van der Waals surface area contributed by atoms with Crippen LogP contribution in [-0.2, 0) is 0 Å². The molecule has 0 bridgehead atoms. The minimum Gasteiger partial charge on any atom is -0.504 e. The van der Waals surface area contributed by atoms with E-state index < -0.39 is 17.0 Å². The Labute approximate surface area is 109 Å². The largest absolute Gasteiger partial charge is 0.504 e. The van der Waals surface area contributed by atoms with Gasteiger partial charge in [-0.1, -0.05) is 18.2 Å². The Hall–Kier alpha value is -2.75. The Balaban J connectivity index is 2.32. The molecule has 0 fully saturated rings. The zero-order valence-corrected chi connectivity index (χ0v) is 9.98. The second-order valence-electron chi connectivity index (χ2n) is 3.80. The fourth-order valence-electron chi connectivity index (χ4n) is 1.51. The molecule has 2 aromatic rings. The maximum atomic E-state index is 11.9. The highest BCUT2D eigenvalue weighted by Crippen LogP contribution is 2.11. The van der Waals surface area contributed by atoms with Gasteiger partial charge in [0, 0.05) is 6.20 Å². The van der Waals surface area contributed by atoms with Crippen LogP contribution >= 0.6 is 0 Å². The summed E-state index contributed by atoms with van der Waals surface area (Å²) in [5, 5.41) is 9.64. The minimum absolute atomic E-state index is 0.0258. The molecule has 0 saturated carbocycles. The number of aromatic hydroxyl groups is 1. The van der Waals surface area contributed by atoms with Crippen LogP contribution in [0, 0.1) is 0 Å². The van der Waals surface area contributed by atoms with Crippen molar-refractivity contribution in [3.05, 3.63) is 76.2 Å². The molecule has 2 rings (SSSR count). The lowest BCUT2D eigenvalue weighted by Crippen LogP contribution is -2.01. The summed E-state index contributed by atoms with van der Waals surface area (Å²) in [5.74, 6) is -0.989. The molecule has 1 N–H and O–H groups in total. The molecule has 4 nitrogen and oxygen atoms in total. The van der Waals surface area contributed by atoms with E-state index in [4.69, 9.17) is 0 Å². The van der Waals surface area contributed by atoms with E-state index >= 15 is 0 Å². The average Bonchev–Trinajstić information content (AvgIpc) is 2.60. The predicted molar refractivity (Wildman–Crippen MR) is 72.0 cm³/mol. The van der Waals surface area contributed by atoms with Gasteiger partial charge < -0.3 is 5.11 Å². The second-order valence-corrected chi connectivity index (χ2v) is 3.80. The van der Waals surface area contributed by atoms with Crippen LogP contribution in [0.15, 0.2) is 59.5 Å². The van der Waals surface area contributed by atoms with Crippen LogP contribution in [0.4, 0.5) is 0 Å². The van der Waals surface area contributed by atoms with Gasteiger partial charge in [-0.3, -0.25) is 14.6 Å². The molecule has 0 radical (unpaired) electrons. The number of allylic oxidation sites excluding steroid dienone is 1. The monoisotopic (exact) mass is 253 g/mol. The molecule has 0 atom stereocenters. The number of hydrogen-bond acceptors (Lipinski definition) is 4. The van der Waals surface area contributed by atoms with E-state index in [2.05, 4.69) is 4.98 Å². The van der Waals surface area contributed by atoms with Crippen LogP contribution in [-0.4, -0.2) is 15.9 Å². The van der Waals surface area contributed by atoms with Crippen LogP contribution in [0.25, 0.3) is 6.08 Å². The number of ketones is 1. The first-order valence-electron chi connectivity index (χ1n) is 5.64. The van der Waals surface area contributed by atoms with Crippen molar-refractivity contribution in [1.82, 2.24) is 4.98 Å². The molecule has 0 amide bonds. The summed E-state index contributed by atoms with van der Waals surface area (Å²) in [7, 11) is 0. The number of aromatic nitrogens is 1. The highest BCUT2D eigenvalue weighted by Gasteiger charge is 2.09. The fourth-order valence-corrected chi connectivity index (χ4v) is 1.51. The van der Waals surface area contributed by atoms with Crippen molar-refractivity contribution in [3.8, 4) is 5.75 Å². The molecule has 0 spiro atoms. The molecule has 94 valence electrons. The van der Waals surface area contributed by atoms with Crippen LogP contribution < -0.4 is 5.43 Å². The maximum absolute atomic E-state index is 11.9. The van der Waals surface area contributed by atoms with Crippen LogP contribution in [0.1, 0.15) is 16.1 Å². The van der Waals surface area contributed by atoms with Crippen molar-refractivity contribution in [2.45, 2.75) is 0 Å². The highest BCUT2D eigenvalue weighted by atomic mass is 16.3. The summed E-state index contributed by atoms with van der Waals surface area (Å²) in [6, 6.07) is 10.9. The van der Waals surface area contributed by atoms with E-state index in [1.54, 1.807) is 24.4 Å². The van der Waals surface area contributed by atoms with Gasteiger partial charge in [-0.05, 0) is 36.4 Å². The summed E-state index contributed by atoms with van der Waals surface area (Å²) in [4.78, 5) is 27.3. The molecule has 0 unspecified atom stereocenters. The Kier molecular flexibility index (Phi) is 3.83. The van der Waals surface area contributed by atoms with E-state index in [9.17, 15) is 14.7 Å². The van der Waals surface area contributed by atoms with Crippen molar-refractivity contribution < 1.29 is 9.90 Å². The van der Waals surface area contributed by atoms with Gasteiger partial charge in [-0.15, -0.1) is 0 Å². The fraction of sp³-hybridized carbons (Fsp3) is 0. The number of hydrogen-bond donors (Lipinski definition) is 1. The lowest BCUT2D eigenvalue weighted by molar-refractivity contribution is 0.104. The van der Waals surface area contributed by atoms with E-state index in [1.165, 1.54) is 36.4 Å². The van der Waals surface area contributed by atoms with Crippen molar-refractivity contribution in [2.24, 2.45) is 0 Å². The molecular weight excluding hydrogens is 242 g/mol. The zero-order valence-electron chi connectivity index (χ0n) is 9.98. The van der Waals surface area contributed by atoms with Gasteiger partial charge in [0.15, 0.2) is 11.5 Å². The number of carbonyl (C=O) groups excluding carboxylic acids is 1. The molecule has 0 aliphatic heterocycles. The Bertz CT molecular complexity index is 678. The minimum atomic E-state index is -0.584. The SMILES string of the molecule is O=C(C=Cc1ccccn1)c1ccccc(=O)c1O. The summed E-state index contributed by atoms with van der Waals surface area (Å²) >= 11 is 0. The van der Waals surface area contributed by atoms with Gasteiger partial charge in [-0.2, -0.15) is 0 Å². The van der Waals surface area contributed by atoms with Crippen molar-refractivity contribution >= 4 is 11.9 Å². The van der Waals surface area contributed by atoms with Gasteiger partial charge in [-0.25, -0.2) is 0 Å². The summed E-state index contributed by atoms with van der Waals surface area (Å²) in [5.41, 5.74) is 0.0137. The molecule has 0 aliphatic rings. The van der Waals surface area contributed by atoms with Gasteiger partial charge in [0.1, 0.15) is 0 Å². The highest BCUT2D eigenvalue weighted by molar-refractivity contribution is 6.08. The lowest BCUT2D eigenvalue weighted by atomic mass is 10.1.